The molecule has 1 aliphatic carbocycles. The molecular formula is C32H50FOPTi. The fraction of sp³-hybridized carbons (Fsp3) is 0.625. The molecule has 2 aromatic carbocycles. The van der Waals surface area contributed by atoms with Gasteiger partial charge >= 0.3 is 215 Å². The Kier molecular flexibility index (Phi) is 12.8. The zero-order valence-corrected chi connectivity index (χ0v) is 26.1. The third kappa shape index (κ3) is 7.53. The third-order valence-corrected chi connectivity index (χ3v) is 14.1. The molecule has 0 amide bonds. The molecule has 0 aromatic heterocycles. The van der Waals surface area contributed by atoms with E-state index in [1.165, 1.54) is 68.1 Å². The Labute approximate surface area is 236 Å². The fourth-order valence-electron chi connectivity index (χ4n) is 6.53. The minimum absolute atomic E-state index is 0. The van der Waals surface area contributed by atoms with Crippen molar-refractivity contribution < 1.29 is 31.0 Å². The second-order valence-corrected chi connectivity index (χ2v) is 15.7. The van der Waals surface area contributed by atoms with Gasteiger partial charge in [0, 0.05) is 21.7 Å². The molecule has 0 aliphatic heterocycles. The fourth-order valence-corrected chi connectivity index (χ4v) is 11.6. The van der Waals surface area contributed by atoms with Gasteiger partial charge in [-0.2, -0.15) is 0 Å². The van der Waals surface area contributed by atoms with Crippen LogP contribution in [0.1, 0.15) is 97.1 Å². The van der Waals surface area contributed by atoms with E-state index in [0.29, 0.717) is 11.8 Å². The molecule has 0 bridgehead atoms. The molecule has 3 unspecified atom stereocenters. The van der Waals surface area contributed by atoms with E-state index in [1.54, 1.807) is 12.1 Å². The molecule has 1 aliphatic rings. The molecule has 3 atom stereocenters. The van der Waals surface area contributed by atoms with E-state index in [9.17, 15) is 9.28 Å². The third-order valence-electron chi connectivity index (χ3n) is 9.04. The first-order valence-electron chi connectivity index (χ1n) is 14.4. The van der Waals surface area contributed by atoms with E-state index < -0.39 is 7.49 Å². The van der Waals surface area contributed by atoms with Gasteiger partial charge in [0.2, 0.25) is 0 Å². The van der Waals surface area contributed by atoms with Gasteiger partial charge in [-0.25, -0.2) is 0 Å². The molecule has 2 aromatic rings. The summed E-state index contributed by atoms with van der Waals surface area (Å²) in [6.07, 6.45) is 13.9. The zero-order chi connectivity index (χ0) is 25.5. The Morgan fingerprint density at radius 1 is 0.861 bits per heavy atom. The smallest absolute Gasteiger partial charge is 0 e. The van der Waals surface area contributed by atoms with Crippen LogP contribution >= 0.6 is 7.49 Å². The number of rotatable bonds is 14. The molecule has 0 radical (unpaired) electrons. The van der Waals surface area contributed by atoms with Crippen LogP contribution in [0.15, 0.2) is 42.5 Å². The second kappa shape index (κ2) is 14.6. The van der Waals surface area contributed by atoms with Crippen molar-refractivity contribution in [3.8, 4) is 11.1 Å². The largest absolute Gasteiger partial charge is 0 e. The van der Waals surface area contributed by atoms with E-state index in [-0.39, 0.29) is 32.7 Å². The van der Waals surface area contributed by atoms with Crippen molar-refractivity contribution in [1.82, 2.24) is 0 Å². The molecule has 3 rings (SSSR count). The van der Waals surface area contributed by atoms with Gasteiger partial charge in [0.15, 0.2) is 0 Å². The quantitative estimate of drug-likeness (QED) is 0.184. The van der Waals surface area contributed by atoms with Crippen LogP contribution < -0.4 is 0 Å². The molecule has 1 nitrogen and oxygen atoms in total. The van der Waals surface area contributed by atoms with Gasteiger partial charge in [0.25, 0.3) is 0 Å². The van der Waals surface area contributed by atoms with E-state index in [2.05, 4.69) is 52.8 Å². The van der Waals surface area contributed by atoms with Gasteiger partial charge in [-0.1, -0.05) is 0 Å². The number of unbranched alkanes of at least 4 members (excludes halogenated alkanes) is 2. The topological polar surface area (TPSA) is 20.2 Å². The number of fused-ring (bicyclic) bond motifs is 1. The number of benzene rings is 2. The van der Waals surface area contributed by atoms with Crippen LogP contribution in [0.3, 0.4) is 0 Å². The molecular weight excluding hydrogens is 498 g/mol. The summed E-state index contributed by atoms with van der Waals surface area (Å²) in [7, 11) is -2.60. The molecule has 36 heavy (non-hydrogen) atoms. The van der Waals surface area contributed by atoms with Crippen LogP contribution in [-0.2, 0) is 34.6 Å². The minimum atomic E-state index is -2.60. The van der Waals surface area contributed by atoms with Crippen LogP contribution in [0.4, 0.5) is 4.39 Å². The van der Waals surface area contributed by atoms with Crippen LogP contribution in [0.2, 0.25) is 0 Å². The number of hydrogen-bond acceptors (Lipinski definition) is 1. The van der Waals surface area contributed by atoms with E-state index in [0.717, 1.165) is 30.7 Å². The summed E-state index contributed by atoms with van der Waals surface area (Å²) in [5, 5.41) is -0.0509. The Morgan fingerprint density at radius 2 is 1.42 bits per heavy atom. The average Bonchev–Trinajstić information content (AvgIpc) is 3.23. The second-order valence-electron chi connectivity index (χ2n) is 11.6. The van der Waals surface area contributed by atoms with Crippen molar-refractivity contribution in [3.05, 3.63) is 59.4 Å². The minimum Gasteiger partial charge on any atom is 0 e. The molecule has 0 saturated heterocycles. The maximum absolute atomic E-state index is 13.6. The van der Waals surface area contributed by atoms with E-state index in [4.69, 9.17) is 0 Å². The van der Waals surface area contributed by atoms with Gasteiger partial charge in [-0.3, -0.25) is 0 Å². The van der Waals surface area contributed by atoms with Crippen molar-refractivity contribution >= 4 is 7.49 Å². The Balaban J connectivity index is 0.00000456. The first-order chi connectivity index (χ1) is 16.8. The SMILES string of the molecule is CCCCC(CC)C[PH](O)(CC(CC)CCCC)C1(C)Cc2cccc(-c3ccc(F)cc3)c2C1.[Ti]. The zero-order valence-electron chi connectivity index (χ0n) is 23.5. The first-order valence-corrected chi connectivity index (χ1v) is 16.7. The molecule has 0 spiro atoms. The normalized spacial score (nSPS) is 19.4. The van der Waals surface area contributed by atoms with E-state index in [1.807, 2.05) is 12.1 Å². The van der Waals surface area contributed by atoms with Crippen molar-refractivity contribution in [2.24, 2.45) is 11.8 Å². The molecule has 4 heteroatoms. The van der Waals surface area contributed by atoms with Crippen molar-refractivity contribution in [2.45, 2.75) is 104 Å². The summed E-state index contributed by atoms with van der Waals surface area (Å²) in [6, 6.07) is 13.5. The Morgan fingerprint density at radius 3 is 1.92 bits per heavy atom. The molecule has 1 N–H and O–H groups in total. The van der Waals surface area contributed by atoms with Gasteiger partial charge in [0.1, 0.15) is 0 Å². The summed E-state index contributed by atoms with van der Waals surface area (Å²) in [5.74, 6) is 1.07. The maximum atomic E-state index is 13.6. The average molecular weight is 549 g/mol. The monoisotopic (exact) mass is 548 g/mol. The standard InChI is InChI=1S/C32H50FOP.Ti/c1-6-10-13-25(8-3)23-35(34,24-26(9-4)14-11-7-2)32(5)21-28-15-12-16-30(31(28)22-32)27-17-19-29(33)20-18-27;/h12,15-20,25-26,34-35H,6-11,13-14,21-24H2,1-5H3;. The first kappa shape index (κ1) is 31.7. The summed E-state index contributed by atoms with van der Waals surface area (Å²) < 4.78 is 13.6. The van der Waals surface area contributed by atoms with Crippen molar-refractivity contribution in [3.63, 3.8) is 0 Å². The summed E-state index contributed by atoms with van der Waals surface area (Å²) in [4.78, 5) is 12.8. The van der Waals surface area contributed by atoms with Gasteiger partial charge < -0.3 is 0 Å². The molecule has 0 heterocycles. The molecule has 0 saturated carbocycles. The van der Waals surface area contributed by atoms with Crippen molar-refractivity contribution in [1.29, 1.82) is 0 Å². The Bertz CT molecular complexity index is 912. The van der Waals surface area contributed by atoms with Gasteiger partial charge in [0.05, 0.1) is 0 Å². The Hall–Kier alpha value is -0.526. The number of hydrogen-bond donors (Lipinski definition) is 1. The predicted molar refractivity (Wildman–Crippen MR) is 155 cm³/mol. The van der Waals surface area contributed by atoms with Crippen LogP contribution in [0, 0.1) is 17.7 Å². The predicted octanol–water partition coefficient (Wildman–Crippen LogP) is 9.44. The molecule has 0 fully saturated rings. The summed E-state index contributed by atoms with van der Waals surface area (Å²) >= 11 is 0. The van der Waals surface area contributed by atoms with Crippen LogP contribution in [0.5, 0.6) is 0 Å². The summed E-state index contributed by atoms with van der Waals surface area (Å²) in [5.41, 5.74) is 5.08. The van der Waals surface area contributed by atoms with Crippen molar-refractivity contribution in [2.75, 3.05) is 12.3 Å². The van der Waals surface area contributed by atoms with Gasteiger partial charge in [-0.15, -0.1) is 0 Å². The van der Waals surface area contributed by atoms with Crippen LogP contribution in [0.25, 0.3) is 11.1 Å². The summed E-state index contributed by atoms with van der Waals surface area (Å²) in [6.45, 7) is 11.6. The van der Waals surface area contributed by atoms with E-state index >= 15 is 0 Å². The maximum Gasteiger partial charge on any atom is 0 e. The van der Waals surface area contributed by atoms with Crippen LogP contribution in [-0.4, -0.2) is 22.4 Å². The van der Waals surface area contributed by atoms with Gasteiger partial charge in [-0.05, 0) is 0 Å². The number of halogens is 1. The molecule has 200 valence electrons.